The number of ether oxygens (including phenoxy) is 2. The quantitative estimate of drug-likeness (QED) is 0.907. The lowest BCUT2D eigenvalue weighted by Crippen LogP contribution is -2.16. The molecule has 0 spiro atoms. The van der Waals surface area contributed by atoms with E-state index in [0.29, 0.717) is 19.8 Å². The summed E-state index contributed by atoms with van der Waals surface area (Å²) in [5.74, 6) is 1.65. The van der Waals surface area contributed by atoms with E-state index in [0.717, 1.165) is 27.1 Å². The summed E-state index contributed by atoms with van der Waals surface area (Å²) < 4.78 is 12.2. The summed E-state index contributed by atoms with van der Waals surface area (Å²) in [6.07, 6.45) is 3.89. The van der Waals surface area contributed by atoms with Crippen molar-refractivity contribution in [3.05, 3.63) is 27.7 Å². The van der Waals surface area contributed by atoms with Crippen LogP contribution in [0.15, 0.2) is 16.6 Å². The van der Waals surface area contributed by atoms with Crippen molar-refractivity contribution < 1.29 is 9.47 Å². The van der Waals surface area contributed by atoms with Gasteiger partial charge >= 0.3 is 0 Å². The number of hydrogen-bond acceptors (Lipinski definition) is 3. The summed E-state index contributed by atoms with van der Waals surface area (Å²) >= 11 is 3.56. The molecule has 0 saturated heterocycles. The minimum atomic E-state index is 0.528. The first kappa shape index (κ1) is 11.5. The van der Waals surface area contributed by atoms with E-state index in [1.165, 1.54) is 0 Å². The van der Waals surface area contributed by atoms with Crippen LogP contribution in [0.5, 0.6) is 11.5 Å². The average molecular weight is 284 g/mol. The van der Waals surface area contributed by atoms with Gasteiger partial charge in [-0.3, -0.25) is 0 Å². The molecule has 0 aliphatic carbocycles. The highest BCUT2D eigenvalue weighted by Gasteiger charge is 2.18. The molecule has 0 atom stereocenters. The van der Waals surface area contributed by atoms with Crippen LogP contribution in [0.25, 0.3) is 6.08 Å². The lowest BCUT2D eigenvalue weighted by atomic mass is 10.1. The molecule has 0 radical (unpaired) electrons. The fraction of sp³-hybridized carbons (Fsp3) is 0.333. The molecule has 2 rings (SSSR count). The minimum Gasteiger partial charge on any atom is -0.486 e. The van der Waals surface area contributed by atoms with Gasteiger partial charge in [0.2, 0.25) is 0 Å². The molecule has 3 nitrogen and oxygen atoms in total. The van der Waals surface area contributed by atoms with E-state index in [1.54, 1.807) is 0 Å². The summed E-state index contributed by atoms with van der Waals surface area (Å²) in [5.41, 5.74) is 7.57. The van der Waals surface area contributed by atoms with Crippen LogP contribution in [-0.2, 0) is 0 Å². The Morgan fingerprint density at radius 3 is 2.94 bits per heavy atom. The van der Waals surface area contributed by atoms with Crippen LogP contribution in [-0.4, -0.2) is 19.8 Å². The summed E-state index contributed by atoms with van der Waals surface area (Å²) in [4.78, 5) is 0. The number of nitrogens with two attached hydrogens (primary N) is 1. The first-order chi connectivity index (χ1) is 7.74. The second-order valence-electron chi connectivity index (χ2n) is 3.57. The Balaban J connectivity index is 2.48. The summed E-state index contributed by atoms with van der Waals surface area (Å²) in [7, 11) is 0. The number of fused-ring (bicyclic) bond motifs is 1. The minimum absolute atomic E-state index is 0.528. The zero-order chi connectivity index (χ0) is 11.5. The van der Waals surface area contributed by atoms with Crippen LogP contribution in [0.3, 0.4) is 0 Å². The molecule has 86 valence electrons. The van der Waals surface area contributed by atoms with E-state index in [4.69, 9.17) is 15.2 Å². The van der Waals surface area contributed by atoms with Gasteiger partial charge in [-0.2, -0.15) is 0 Å². The highest BCUT2D eigenvalue weighted by molar-refractivity contribution is 9.10. The zero-order valence-corrected chi connectivity index (χ0v) is 10.7. The van der Waals surface area contributed by atoms with Crippen LogP contribution < -0.4 is 15.2 Å². The number of hydrogen-bond donors (Lipinski definition) is 1. The van der Waals surface area contributed by atoms with E-state index >= 15 is 0 Å². The van der Waals surface area contributed by atoms with Crippen molar-refractivity contribution in [3.63, 3.8) is 0 Å². The van der Waals surface area contributed by atoms with Gasteiger partial charge in [-0.25, -0.2) is 0 Å². The Morgan fingerprint density at radius 1 is 1.44 bits per heavy atom. The molecule has 0 aromatic heterocycles. The first-order valence-electron chi connectivity index (χ1n) is 5.19. The van der Waals surface area contributed by atoms with E-state index in [2.05, 4.69) is 15.9 Å². The maximum Gasteiger partial charge on any atom is 0.165 e. The Morgan fingerprint density at radius 2 is 2.19 bits per heavy atom. The van der Waals surface area contributed by atoms with Gasteiger partial charge in [-0.1, -0.05) is 12.2 Å². The summed E-state index contributed by atoms with van der Waals surface area (Å²) in [6, 6.07) is 1.97. The Hall–Kier alpha value is -1.00. The number of benzene rings is 1. The molecule has 0 saturated carbocycles. The van der Waals surface area contributed by atoms with Gasteiger partial charge in [0.05, 0.1) is 0 Å². The maximum atomic E-state index is 5.59. The fourth-order valence-electron chi connectivity index (χ4n) is 1.67. The molecule has 1 aromatic carbocycles. The van der Waals surface area contributed by atoms with Gasteiger partial charge in [-0.05, 0) is 34.5 Å². The van der Waals surface area contributed by atoms with Crippen LogP contribution >= 0.6 is 15.9 Å². The van der Waals surface area contributed by atoms with Crippen molar-refractivity contribution >= 4 is 22.0 Å². The third kappa shape index (κ3) is 2.08. The van der Waals surface area contributed by atoms with Crippen LogP contribution in [0, 0.1) is 6.92 Å². The maximum absolute atomic E-state index is 5.59. The molecule has 0 unspecified atom stereocenters. The van der Waals surface area contributed by atoms with Crippen molar-refractivity contribution in [2.45, 2.75) is 6.92 Å². The third-order valence-corrected chi connectivity index (χ3v) is 3.51. The Kier molecular flexibility index (Phi) is 3.51. The Labute approximate surface area is 103 Å². The predicted octanol–water partition coefficient (Wildman–Crippen LogP) is 2.50. The van der Waals surface area contributed by atoms with Crippen molar-refractivity contribution in [2.24, 2.45) is 5.73 Å². The van der Waals surface area contributed by atoms with Gasteiger partial charge in [0, 0.05) is 16.6 Å². The lowest BCUT2D eigenvalue weighted by molar-refractivity contribution is 0.170. The molecular weight excluding hydrogens is 270 g/mol. The monoisotopic (exact) mass is 283 g/mol. The topological polar surface area (TPSA) is 44.5 Å². The molecule has 0 fully saturated rings. The van der Waals surface area contributed by atoms with E-state index < -0.39 is 0 Å². The highest BCUT2D eigenvalue weighted by atomic mass is 79.9. The van der Waals surface area contributed by atoms with E-state index in [-0.39, 0.29) is 0 Å². The van der Waals surface area contributed by atoms with Crippen molar-refractivity contribution in [3.8, 4) is 11.5 Å². The first-order valence-corrected chi connectivity index (χ1v) is 5.98. The number of halogens is 1. The molecule has 1 aromatic rings. The highest BCUT2D eigenvalue weighted by Crippen LogP contribution is 2.40. The molecule has 16 heavy (non-hydrogen) atoms. The number of rotatable bonds is 2. The van der Waals surface area contributed by atoms with Gasteiger partial charge in [0.25, 0.3) is 0 Å². The fourth-order valence-corrected chi connectivity index (χ4v) is 2.10. The second-order valence-corrected chi connectivity index (χ2v) is 4.36. The zero-order valence-electron chi connectivity index (χ0n) is 9.13. The van der Waals surface area contributed by atoms with Gasteiger partial charge in [0.15, 0.2) is 11.5 Å². The average Bonchev–Trinajstić information content (AvgIpc) is 2.32. The van der Waals surface area contributed by atoms with Crippen molar-refractivity contribution in [1.29, 1.82) is 0 Å². The Bertz CT molecular complexity index is 430. The second kappa shape index (κ2) is 4.89. The van der Waals surface area contributed by atoms with Crippen LogP contribution in [0.4, 0.5) is 0 Å². The predicted molar refractivity (Wildman–Crippen MR) is 68.0 cm³/mol. The largest absolute Gasteiger partial charge is 0.486 e. The van der Waals surface area contributed by atoms with Crippen molar-refractivity contribution in [2.75, 3.05) is 19.8 Å². The summed E-state index contributed by atoms with van der Waals surface area (Å²) in [6.45, 7) is 3.75. The van der Waals surface area contributed by atoms with Gasteiger partial charge in [-0.15, -0.1) is 0 Å². The smallest absolute Gasteiger partial charge is 0.165 e. The molecule has 1 aliphatic rings. The molecule has 1 aliphatic heterocycles. The summed E-state index contributed by atoms with van der Waals surface area (Å²) in [5, 5.41) is 0. The lowest BCUT2D eigenvalue weighted by Gasteiger charge is -2.21. The van der Waals surface area contributed by atoms with E-state index in [9.17, 15) is 0 Å². The van der Waals surface area contributed by atoms with Crippen LogP contribution in [0.1, 0.15) is 11.1 Å². The van der Waals surface area contributed by atoms with Crippen molar-refractivity contribution in [1.82, 2.24) is 0 Å². The SMILES string of the molecule is Cc1c(Br)c(/C=C/CN)cc2c1OCCO2. The molecule has 0 bridgehead atoms. The van der Waals surface area contributed by atoms with Crippen LogP contribution in [0.2, 0.25) is 0 Å². The normalized spacial score (nSPS) is 14.4. The van der Waals surface area contributed by atoms with E-state index in [1.807, 2.05) is 25.1 Å². The molecular formula is C12H14BrNO2. The third-order valence-electron chi connectivity index (χ3n) is 2.45. The van der Waals surface area contributed by atoms with Gasteiger partial charge in [0.1, 0.15) is 13.2 Å². The molecule has 0 amide bonds. The molecule has 1 heterocycles. The standard InChI is InChI=1S/C12H14BrNO2/c1-8-11(13)9(3-2-4-14)7-10-12(8)16-6-5-15-10/h2-3,7H,4-6,14H2,1H3/b3-2+. The van der Waals surface area contributed by atoms with Gasteiger partial charge < -0.3 is 15.2 Å². The molecule has 2 N–H and O–H groups in total. The molecule has 4 heteroatoms.